The summed E-state index contributed by atoms with van der Waals surface area (Å²) in [5.41, 5.74) is -0.970. The molecular weight excluding hydrogens is 302 g/mol. The smallest absolute Gasteiger partial charge is 0.423 e. The minimum Gasteiger partial charge on any atom is -0.423 e. The summed E-state index contributed by atoms with van der Waals surface area (Å²) in [5, 5.41) is 0. The number of carbonyl (C=O) groups excluding carboxylic acids is 1. The first-order valence-electron chi connectivity index (χ1n) is 5.53. The lowest BCUT2D eigenvalue weighted by Crippen LogP contribution is -2.40. The van der Waals surface area contributed by atoms with E-state index in [4.69, 9.17) is 0 Å². The number of halogens is 6. The molecule has 1 unspecified atom stereocenters. The van der Waals surface area contributed by atoms with E-state index in [0.29, 0.717) is 6.07 Å². The van der Waals surface area contributed by atoms with Crippen LogP contribution in [0.4, 0.5) is 26.3 Å². The second kappa shape index (κ2) is 5.79. The standard InChI is InChI=1S/C13H10F6O2/c1-7(2)11(20)21-9-5-3-4-8(6-9)10(14)12(15,16)13(17,18)19/h3-6,10H,1H2,2H3. The van der Waals surface area contributed by atoms with E-state index in [1.807, 2.05) is 0 Å². The molecular formula is C13H10F6O2. The highest BCUT2D eigenvalue weighted by Gasteiger charge is 2.63. The van der Waals surface area contributed by atoms with Crippen molar-refractivity contribution in [2.45, 2.75) is 25.2 Å². The molecule has 1 aromatic carbocycles. The summed E-state index contributed by atoms with van der Waals surface area (Å²) in [7, 11) is 0. The van der Waals surface area contributed by atoms with Crippen molar-refractivity contribution in [2.75, 3.05) is 0 Å². The van der Waals surface area contributed by atoms with Gasteiger partial charge in [0, 0.05) is 5.57 Å². The van der Waals surface area contributed by atoms with Crippen LogP contribution in [0.1, 0.15) is 18.7 Å². The third-order valence-electron chi connectivity index (χ3n) is 2.41. The maximum absolute atomic E-state index is 13.5. The lowest BCUT2D eigenvalue weighted by atomic mass is 10.0. The lowest BCUT2D eigenvalue weighted by Gasteiger charge is -2.23. The molecule has 0 saturated carbocycles. The number of hydrogen-bond donors (Lipinski definition) is 0. The van der Waals surface area contributed by atoms with Gasteiger partial charge in [-0.1, -0.05) is 18.7 Å². The Bertz CT molecular complexity index is 550. The van der Waals surface area contributed by atoms with Crippen molar-refractivity contribution in [3.8, 4) is 5.75 Å². The number of hydrogen-bond acceptors (Lipinski definition) is 2. The molecule has 0 N–H and O–H groups in total. The molecule has 0 fully saturated rings. The van der Waals surface area contributed by atoms with Crippen molar-refractivity contribution in [3.63, 3.8) is 0 Å². The quantitative estimate of drug-likeness (QED) is 0.357. The van der Waals surface area contributed by atoms with Crippen LogP contribution in [0.3, 0.4) is 0 Å². The Hall–Kier alpha value is -1.99. The summed E-state index contributed by atoms with van der Waals surface area (Å²) < 4.78 is 80.2. The van der Waals surface area contributed by atoms with Crippen molar-refractivity contribution in [1.29, 1.82) is 0 Å². The van der Waals surface area contributed by atoms with Crippen LogP contribution < -0.4 is 4.74 Å². The van der Waals surface area contributed by atoms with Gasteiger partial charge >= 0.3 is 18.1 Å². The highest BCUT2D eigenvalue weighted by molar-refractivity contribution is 5.88. The summed E-state index contributed by atoms with van der Waals surface area (Å²) in [6, 6.07) is 3.45. The van der Waals surface area contributed by atoms with Crippen LogP contribution in [0.25, 0.3) is 0 Å². The van der Waals surface area contributed by atoms with Gasteiger partial charge < -0.3 is 4.74 Å². The van der Waals surface area contributed by atoms with Crippen molar-refractivity contribution in [1.82, 2.24) is 0 Å². The second-order valence-corrected chi connectivity index (χ2v) is 4.23. The molecule has 1 aromatic rings. The van der Waals surface area contributed by atoms with Gasteiger partial charge in [-0.2, -0.15) is 22.0 Å². The van der Waals surface area contributed by atoms with Crippen LogP contribution in [0.5, 0.6) is 5.75 Å². The lowest BCUT2D eigenvalue weighted by molar-refractivity contribution is -0.305. The fraction of sp³-hybridized carbons (Fsp3) is 0.308. The van der Waals surface area contributed by atoms with E-state index in [-0.39, 0.29) is 11.3 Å². The van der Waals surface area contributed by atoms with Gasteiger partial charge in [-0.3, -0.25) is 0 Å². The van der Waals surface area contributed by atoms with Crippen molar-refractivity contribution in [2.24, 2.45) is 0 Å². The van der Waals surface area contributed by atoms with Crippen molar-refractivity contribution >= 4 is 5.97 Å². The van der Waals surface area contributed by atoms with Gasteiger partial charge in [-0.15, -0.1) is 0 Å². The Labute approximate surface area is 116 Å². The minimum atomic E-state index is -6.03. The molecule has 0 aliphatic rings. The predicted molar refractivity (Wildman–Crippen MR) is 61.7 cm³/mol. The molecule has 0 bridgehead atoms. The number of ether oxygens (including phenoxy) is 1. The van der Waals surface area contributed by atoms with E-state index < -0.39 is 29.8 Å². The summed E-state index contributed by atoms with van der Waals surface area (Å²) in [5.74, 6) is -6.82. The van der Waals surface area contributed by atoms with Crippen LogP contribution in [-0.2, 0) is 4.79 Å². The molecule has 0 spiro atoms. The fourth-order valence-corrected chi connectivity index (χ4v) is 1.28. The normalized spacial score (nSPS) is 13.7. The molecule has 0 aliphatic heterocycles. The Balaban J connectivity index is 3.05. The average molecular weight is 312 g/mol. The molecule has 1 rings (SSSR count). The molecule has 21 heavy (non-hydrogen) atoms. The molecule has 0 aromatic heterocycles. The number of alkyl halides is 6. The van der Waals surface area contributed by atoms with Crippen LogP contribution in [0.15, 0.2) is 36.4 Å². The molecule has 0 saturated heterocycles. The van der Waals surface area contributed by atoms with E-state index in [1.54, 1.807) is 0 Å². The summed E-state index contributed by atoms with van der Waals surface area (Å²) in [6.45, 7) is 4.57. The van der Waals surface area contributed by atoms with Crippen molar-refractivity contribution < 1.29 is 35.9 Å². The summed E-state index contributed by atoms with van der Waals surface area (Å²) >= 11 is 0. The molecule has 2 nitrogen and oxygen atoms in total. The molecule has 1 atom stereocenters. The van der Waals surface area contributed by atoms with Gasteiger partial charge in [0.1, 0.15) is 5.75 Å². The van der Waals surface area contributed by atoms with Crippen LogP contribution in [0, 0.1) is 0 Å². The van der Waals surface area contributed by atoms with Crippen LogP contribution in [-0.4, -0.2) is 18.1 Å². The van der Waals surface area contributed by atoms with Gasteiger partial charge in [0.15, 0.2) is 6.17 Å². The third-order valence-corrected chi connectivity index (χ3v) is 2.41. The third kappa shape index (κ3) is 3.77. The molecule has 116 valence electrons. The maximum atomic E-state index is 13.5. The van der Waals surface area contributed by atoms with E-state index >= 15 is 0 Å². The predicted octanol–water partition coefficient (Wildman–Crippen LogP) is 4.38. The van der Waals surface area contributed by atoms with Crippen LogP contribution in [0.2, 0.25) is 0 Å². The number of benzene rings is 1. The number of carbonyl (C=O) groups is 1. The molecule has 0 amide bonds. The highest BCUT2D eigenvalue weighted by atomic mass is 19.4. The Morgan fingerprint density at radius 2 is 1.81 bits per heavy atom. The average Bonchev–Trinajstić information content (AvgIpc) is 2.36. The first kappa shape index (κ1) is 17.1. The zero-order valence-corrected chi connectivity index (χ0v) is 10.7. The van der Waals surface area contributed by atoms with Gasteiger partial charge in [-0.25, -0.2) is 9.18 Å². The largest absolute Gasteiger partial charge is 0.456 e. The van der Waals surface area contributed by atoms with Gasteiger partial charge in [0.25, 0.3) is 0 Å². The first-order chi connectivity index (χ1) is 9.46. The Kier molecular flexibility index (Phi) is 4.70. The number of esters is 1. The van der Waals surface area contributed by atoms with Gasteiger partial charge in [-0.05, 0) is 24.6 Å². The van der Waals surface area contributed by atoms with Crippen LogP contribution >= 0.6 is 0 Å². The Morgan fingerprint density at radius 1 is 1.24 bits per heavy atom. The molecule has 0 aliphatic carbocycles. The monoisotopic (exact) mass is 312 g/mol. The molecule has 0 heterocycles. The molecule has 8 heteroatoms. The van der Waals surface area contributed by atoms with Gasteiger partial charge in [0.05, 0.1) is 0 Å². The van der Waals surface area contributed by atoms with E-state index in [0.717, 1.165) is 18.2 Å². The summed E-state index contributed by atoms with van der Waals surface area (Å²) in [4.78, 5) is 11.2. The van der Waals surface area contributed by atoms with Crippen molar-refractivity contribution in [3.05, 3.63) is 42.0 Å². The van der Waals surface area contributed by atoms with E-state index in [2.05, 4.69) is 11.3 Å². The SMILES string of the molecule is C=C(C)C(=O)Oc1cccc(C(F)C(F)(F)C(F)(F)F)c1. The van der Waals surface area contributed by atoms with E-state index in [9.17, 15) is 31.1 Å². The first-order valence-corrected chi connectivity index (χ1v) is 5.53. The zero-order chi connectivity index (χ0) is 16.4. The minimum absolute atomic E-state index is 0.0159. The fourth-order valence-electron chi connectivity index (χ4n) is 1.28. The maximum Gasteiger partial charge on any atom is 0.456 e. The van der Waals surface area contributed by atoms with E-state index in [1.165, 1.54) is 6.92 Å². The number of rotatable bonds is 4. The zero-order valence-electron chi connectivity index (χ0n) is 10.7. The highest BCUT2D eigenvalue weighted by Crippen LogP contribution is 2.46. The van der Waals surface area contributed by atoms with Gasteiger partial charge in [0.2, 0.25) is 0 Å². The molecule has 0 radical (unpaired) electrons. The topological polar surface area (TPSA) is 26.3 Å². The Morgan fingerprint density at radius 3 is 2.29 bits per heavy atom. The second-order valence-electron chi connectivity index (χ2n) is 4.23. The summed E-state index contributed by atoms with van der Waals surface area (Å²) in [6.07, 6.45) is -9.64.